The van der Waals surface area contributed by atoms with Crippen LogP contribution in [0.5, 0.6) is 0 Å². The summed E-state index contributed by atoms with van der Waals surface area (Å²) in [5, 5.41) is 9.03. The Labute approximate surface area is 185 Å². The first kappa shape index (κ1) is 22.7. The van der Waals surface area contributed by atoms with Crippen LogP contribution >= 0.6 is 0 Å². The minimum atomic E-state index is -1.10. The smallest absolute Gasteiger partial charge is 0.334 e. The maximum atomic E-state index is 13.1. The molecule has 0 saturated heterocycles. The zero-order valence-corrected chi connectivity index (χ0v) is 18.1. The topological polar surface area (TPSA) is 111 Å². The molecular formula is C24H25N3O5. The molecule has 166 valence electrons. The van der Waals surface area contributed by atoms with Gasteiger partial charge in [0.15, 0.2) is 18.0 Å². The van der Waals surface area contributed by atoms with Crippen molar-refractivity contribution in [1.82, 2.24) is 10.5 Å². The fourth-order valence-corrected chi connectivity index (χ4v) is 3.04. The minimum absolute atomic E-state index is 0.228. The standard InChI is InChI=1S/C24H25N3O5/c1-15(2)21(23(29)25-19-14-16(3)32-27-19)31-24(30)20(17-10-6-4-7-11-17)26-22(28)18-12-8-5-9-13-18/h4-15,20-21H,1-3H3,(H,26,28)(H,25,27,29)/t20-,21+/m1/s1. The number of aryl methyl sites for hydroxylation is 1. The third-order valence-electron chi connectivity index (χ3n) is 4.67. The molecule has 1 aromatic heterocycles. The second-order valence-electron chi connectivity index (χ2n) is 7.60. The molecule has 3 rings (SSSR count). The molecule has 0 bridgehead atoms. The van der Waals surface area contributed by atoms with E-state index in [9.17, 15) is 14.4 Å². The largest absolute Gasteiger partial charge is 0.450 e. The molecule has 0 aliphatic rings. The molecule has 32 heavy (non-hydrogen) atoms. The summed E-state index contributed by atoms with van der Waals surface area (Å²) in [4.78, 5) is 38.6. The Balaban J connectivity index is 1.79. The van der Waals surface area contributed by atoms with Gasteiger partial charge in [-0.15, -0.1) is 0 Å². The van der Waals surface area contributed by atoms with Crippen LogP contribution in [-0.2, 0) is 14.3 Å². The van der Waals surface area contributed by atoms with Crippen LogP contribution in [0.3, 0.4) is 0 Å². The zero-order chi connectivity index (χ0) is 23.1. The highest BCUT2D eigenvalue weighted by atomic mass is 16.6. The summed E-state index contributed by atoms with van der Waals surface area (Å²) in [5.74, 6) is -1.28. The highest BCUT2D eigenvalue weighted by Gasteiger charge is 2.32. The van der Waals surface area contributed by atoms with Gasteiger partial charge >= 0.3 is 5.97 Å². The zero-order valence-electron chi connectivity index (χ0n) is 18.1. The maximum Gasteiger partial charge on any atom is 0.334 e. The van der Waals surface area contributed by atoms with E-state index in [1.165, 1.54) is 0 Å². The van der Waals surface area contributed by atoms with E-state index in [4.69, 9.17) is 9.26 Å². The molecule has 2 aromatic carbocycles. The Morgan fingerprint density at radius 1 is 0.969 bits per heavy atom. The lowest BCUT2D eigenvalue weighted by Gasteiger charge is -2.24. The van der Waals surface area contributed by atoms with Gasteiger partial charge in [0.2, 0.25) is 0 Å². The van der Waals surface area contributed by atoms with Gasteiger partial charge in [0.1, 0.15) is 5.76 Å². The SMILES string of the molecule is Cc1cc(NC(=O)[C@@H](OC(=O)[C@H](NC(=O)c2ccccc2)c2ccccc2)C(C)C)no1. The molecule has 8 heteroatoms. The molecule has 0 unspecified atom stereocenters. The van der Waals surface area contributed by atoms with E-state index in [0.29, 0.717) is 16.9 Å². The number of carbonyl (C=O) groups is 3. The van der Waals surface area contributed by atoms with Crippen LogP contribution in [0.1, 0.15) is 41.6 Å². The van der Waals surface area contributed by atoms with Gasteiger partial charge in [0.05, 0.1) is 0 Å². The van der Waals surface area contributed by atoms with Crippen molar-refractivity contribution in [2.24, 2.45) is 5.92 Å². The van der Waals surface area contributed by atoms with Crippen LogP contribution in [0.15, 0.2) is 71.3 Å². The van der Waals surface area contributed by atoms with Crippen molar-refractivity contribution in [3.05, 3.63) is 83.6 Å². The summed E-state index contributed by atoms with van der Waals surface area (Å²) >= 11 is 0. The van der Waals surface area contributed by atoms with Crippen LogP contribution in [-0.4, -0.2) is 29.0 Å². The normalized spacial score (nSPS) is 12.6. The number of esters is 1. The lowest BCUT2D eigenvalue weighted by atomic mass is 10.0. The number of carbonyl (C=O) groups excluding carboxylic acids is 3. The van der Waals surface area contributed by atoms with Crippen LogP contribution in [0.2, 0.25) is 0 Å². The van der Waals surface area contributed by atoms with Gasteiger partial charge < -0.3 is 19.9 Å². The van der Waals surface area contributed by atoms with Gasteiger partial charge in [-0.25, -0.2) is 4.79 Å². The fraction of sp³-hybridized carbons (Fsp3) is 0.250. The van der Waals surface area contributed by atoms with Crippen molar-refractivity contribution in [3.63, 3.8) is 0 Å². The summed E-state index contributed by atoms with van der Waals surface area (Å²) in [6.07, 6.45) is -1.10. The van der Waals surface area contributed by atoms with E-state index < -0.39 is 29.9 Å². The second kappa shape index (κ2) is 10.4. The molecule has 0 saturated carbocycles. The number of nitrogens with zero attached hydrogens (tertiary/aromatic N) is 1. The molecule has 0 aliphatic carbocycles. The Bertz CT molecular complexity index is 1060. The number of aromatic nitrogens is 1. The monoisotopic (exact) mass is 435 g/mol. The number of amides is 2. The predicted molar refractivity (Wildman–Crippen MR) is 118 cm³/mol. The Hall–Kier alpha value is -3.94. The lowest BCUT2D eigenvalue weighted by molar-refractivity contribution is -0.158. The van der Waals surface area contributed by atoms with Gasteiger partial charge in [-0.05, 0) is 30.5 Å². The first-order valence-electron chi connectivity index (χ1n) is 10.2. The highest BCUT2D eigenvalue weighted by Crippen LogP contribution is 2.20. The molecular weight excluding hydrogens is 410 g/mol. The number of hydrogen-bond donors (Lipinski definition) is 2. The quantitative estimate of drug-likeness (QED) is 0.523. The van der Waals surface area contributed by atoms with Crippen LogP contribution in [0.4, 0.5) is 5.82 Å². The minimum Gasteiger partial charge on any atom is -0.450 e. The maximum absolute atomic E-state index is 13.1. The van der Waals surface area contributed by atoms with E-state index in [0.717, 1.165) is 0 Å². The highest BCUT2D eigenvalue weighted by molar-refractivity contribution is 5.98. The van der Waals surface area contributed by atoms with Crippen molar-refractivity contribution in [3.8, 4) is 0 Å². The number of hydrogen-bond acceptors (Lipinski definition) is 6. The van der Waals surface area contributed by atoms with Crippen LogP contribution in [0, 0.1) is 12.8 Å². The van der Waals surface area contributed by atoms with E-state index in [1.807, 2.05) is 0 Å². The number of benzene rings is 2. The number of rotatable bonds is 8. The van der Waals surface area contributed by atoms with E-state index in [2.05, 4.69) is 15.8 Å². The Kier molecular flexibility index (Phi) is 7.38. The second-order valence-corrected chi connectivity index (χ2v) is 7.60. The van der Waals surface area contributed by atoms with Gasteiger partial charge in [0, 0.05) is 11.6 Å². The molecule has 2 atom stereocenters. The molecule has 0 spiro atoms. The molecule has 0 fully saturated rings. The summed E-state index contributed by atoms with van der Waals surface area (Å²) in [6.45, 7) is 5.21. The summed E-state index contributed by atoms with van der Waals surface area (Å²) in [6, 6.07) is 17.7. The van der Waals surface area contributed by atoms with Gasteiger partial charge in [-0.3, -0.25) is 9.59 Å². The third kappa shape index (κ3) is 5.81. The van der Waals surface area contributed by atoms with Crippen molar-refractivity contribution in [1.29, 1.82) is 0 Å². The fourth-order valence-electron chi connectivity index (χ4n) is 3.04. The molecule has 0 aliphatic heterocycles. The first-order valence-corrected chi connectivity index (χ1v) is 10.2. The van der Waals surface area contributed by atoms with Crippen molar-refractivity contribution < 1.29 is 23.6 Å². The van der Waals surface area contributed by atoms with E-state index in [1.54, 1.807) is 87.5 Å². The Morgan fingerprint density at radius 2 is 1.59 bits per heavy atom. The summed E-state index contributed by atoms with van der Waals surface area (Å²) in [7, 11) is 0. The number of ether oxygens (including phenoxy) is 1. The van der Waals surface area contributed by atoms with Crippen molar-refractivity contribution in [2.75, 3.05) is 5.32 Å². The van der Waals surface area contributed by atoms with Gasteiger partial charge in [0.25, 0.3) is 11.8 Å². The lowest BCUT2D eigenvalue weighted by Crippen LogP contribution is -2.41. The summed E-state index contributed by atoms with van der Waals surface area (Å²) in [5.41, 5.74) is 0.942. The average molecular weight is 435 g/mol. The summed E-state index contributed by atoms with van der Waals surface area (Å²) < 4.78 is 10.5. The number of anilines is 1. The average Bonchev–Trinajstić information content (AvgIpc) is 3.20. The molecule has 3 aromatic rings. The third-order valence-corrected chi connectivity index (χ3v) is 4.67. The van der Waals surface area contributed by atoms with Crippen molar-refractivity contribution >= 4 is 23.6 Å². The molecule has 2 N–H and O–H groups in total. The molecule has 0 radical (unpaired) electrons. The van der Waals surface area contributed by atoms with Crippen LogP contribution in [0.25, 0.3) is 0 Å². The van der Waals surface area contributed by atoms with Crippen LogP contribution < -0.4 is 10.6 Å². The number of nitrogens with one attached hydrogen (secondary N) is 2. The van der Waals surface area contributed by atoms with E-state index >= 15 is 0 Å². The molecule has 8 nitrogen and oxygen atoms in total. The molecule has 1 heterocycles. The van der Waals surface area contributed by atoms with Gasteiger partial charge in [-0.1, -0.05) is 67.5 Å². The predicted octanol–water partition coefficient (Wildman–Crippen LogP) is 3.66. The first-order chi connectivity index (χ1) is 15.3. The van der Waals surface area contributed by atoms with Gasteiger partial charge in [-0.2, -0.15) is 0 Å². The van der Waals surface area contributed by atoms with Crippen molar-refractivity contribution in [2.45, 2.75) is 32.9 Å². The van der Waals surface area contributed by atoms with E-state index in [-0.39, 0.29) is 11.7 Å². The Morgan fingerprint density at radius 3 is 2.16 bits per heavy atom. The molecule has 2 amide bonds.